The highest BCUT2D eigenvalue weighted by Gasteiger charge is 2.36. The summed E-state index contributed by atoms with van der Waals surface area (Å²) in [5.74, 6) is 0.298. The predicted octanol–water partition coefficient (Wildman–Crippen LogP) is 0.370. The molecular weight excluding hydrogens is 154 g/mol. The highest BCUT2D eigenvalue weighted by atomic mass is 16.5. The second kappa shape index (κ2) is 4.21. The first-order valence-electron chi connectivity index (χ1n) is 4.64. The van der Waals surface area contributed by atoms with Gasteiger partial charge in [-0.05, 0) is 30.7 Å². The third kappa shape index (κ3) is 1.79. The van der Waals surface area contributed by atoms with Gasteiger partial charge in [0, 0.05) is 19.8 Å². The maximum atomic E-state index is 9.09. The Morgan fingerprint density at radius 3 is 2.50 bits per heavy atom. The molecule has 1 unspecified atom stereocenters. The Morgan fingerprint density at radius 1 is 1.50 bits per heavy atom. The fourth-order valence-electron chi connectivity index (χ4n) is 1.87. The fraction of sp³-hybridized carbons (Fsp3) is 1.00. The molecule has 0 amide bonds. The standard InChI is InChI=1S/C9H19NO2/c1-8(6-11)9(7-10)2-4-12-5-3-9/h8,11H,2-7,10H2,1H3. The monoisotopic (exact) mass is 173 g/mol. The molecule has 1 heterocycles. The van der Waals surface area contributed by atoms with Gasteiger partial charge in [0.05, 0.1) is 0 Å². The molecule has 1 rings (SSSR count). The zero-order chi connectivity index (χ0) is 9.03. The van der Waals surface area contributed by atoms with Gasteiger partial charge in [0.1, 0.15) is 0 Å². The van der Waals surface area contributed by atoms with E-state index in [1.807, 2.05) is 0 Å². The Bertz CT molecular complexity index is 132. The van der Waals surface area contributed by atoms with Gasteiger partial charge in [-0.25, -0.2) is 0 Å². The van der Waals surface area contributed by atoms with E-state index in [1.165, 1.54) is 0 Å². The van der Waals surface area contributed by atoms with Crippen LogP contribution in [-0.4, -0.2) is 31.5 Å². The Hall–Kier alpha value is -0.120. The van der Waals surface area contributed by atoms with E-state index >= 15 is 0 Å². The number of hydrogen-bond donors (Lipinski definition) is 2. The Balaban J connectivity index is 2.59. The second-order valence-corrected chi connectivity index (χ2v) is 3.76. The van der Waals surface area contributed by atoms with Crippen LogP contribution in [0.3, 0.4) is 0 Å². The van der Waals surface area contributed by atoms with Gasteiger partial charge in [0.2, 0.25) is 0 Å². The lowest BCUT2D eigenvalue weighted by atomic mass is 9.71. The molecule has 0 aromatic rings. The lowest BCUT2D eigenvalue weighted by Crippen LogP contribution is -2.43. The molecule has 3 N–H and O–H groups in total. The summed E-state index contributed by atoms with van der Waals surface area (Å²) in [6.45, 7) is 4.55. The van der Waals surface area contributed by atoms with E-state index in [2.05, 4.69) is 6.92 Å². The molecule has 1 aliphatic rings. The van der Waals surface area contributed by atoms with E-state index < -0.39 is 0 Å². The predicted molar refractivity (Wildman–Crippen MR) is 47.8 cm³/mol. The first-order valence-corrected chi connectivity index (χ1v) is 4.64. The normalized spacial score (nSPS) is 25.2. The van der Waals surface area contributed by atoms with Crippen LogP contribution in [0, 0.1) is 11.3 Å². The molecule has 12 heavy (non-hydrogen) atoms. The summed E-state index contributed by atoms with van der Waals surface area (Å²) in [5.41, 5.74) is 5.88. The van der Waals surface area contributed by atoms with Gasteiger partial charge >= 0.3 is 0 Å². The number of aliphatic hydroxyl groups excluding tert-OH is 1. The van der Waals surface area contributed by atoms with Crippen molar-refractivity contribution in [1.29, 1.82) is 0 Å². The first kappa shape index (κ1) is 9.96. The summed E-state index contributed by atoms with van der Waals surface area (Å²) in [4.78, 5) is 0. The number of aliphatic hydroxyl groups is 1. The molecule has 1 aliphatic heterocycles. The zero-order valence-corrected chi connectivity index (χ0v) is 7.75. The van der Waals surface area contributed by atoms with E-state index in [0.29, 0.717) is 12.5 Å². The van der Waals surface area contributed by atoms with Crippen LogP contribution in [0.1, 0.15) is 19.8 Å². The maximum Gasteiger partial charge on any atom is 0.0471 e. The molecule has 0 bridgehead atoms. The van der Waals surface area contributed by atoms with Gasteiger partial charge in [0.25, 0.3) is 0 Å². The number of rotatable bonds is 3. The van der Waals surface area contributed by atoms with Crippen LogP contribution in [0.5, 0.6) is 0 Å². The van der Waals surface area contributed by atoms with E-state index in [-0.39, 0.29) is 12.0 Å². The van der Waals surface area contributed by atoms with Gasteiger partial charge in [-0.3, -0.25) is 0 Å². The summed E-state index contributed by atoms with van der Waals surface area (Å²) in [7, 11) is 0. The summed E-state index contributed by atoms with van der Waals surface area (Å²) >= 11 is 0. The van der Waals surface area contributed by atoms with Crippen LogP contribution in [0.2, 0.25) is 0 Å². The van der Waals surface area contributed by atoms with Crippen molar-refractivity contribution >= 4 is 0 Å². The molecule has 1 fully saturated rings. The zero-order valence-electron chi connectivity index (χ0n) is 7.75. The van der Waals surface area contributed by atoms with Crippen molar-refractivity contribution in [2.75, 3.05) is 26.4 Å². The van der Waals surface area contributed by atoms with Crippen molar-refractivity contribution in [1.82, 2.24) is 0 Å². The second-order valence-electron chi connectivity index (χ2n) is 3.76. The summed E-state index contributed by atoms with van der Waals surface area (Å²) < 4.78 is 5.28. The van der Waals surface area contributed by atoms with Crippen LogP contribution >= 0.6 is 0 Å². The molecule has 3 nitrogen and oxygen atoms in total. The minimum atomic E-state index is 0.132. The van der Waals surface area contributed by atoms with Crippen molar-refractivity contribution in [2.24, 2.45) is 17.1 Å². The number of hydrogen-bond acceptors (Lipinski definition) is 3. The Kier molecular flexibility index (Phi) is 3.50. The third-order valence-electron chi connectivity index (χ3n) is 3.21. The van der Waals surface area contributed by atoms with Gasteiger partial charge in [-0.1, -0.05) is 6.92 Å². The molecule has 0 aliphatic carbocycles. The number of ether oxygens (including phenoxy) is 1. The van der Waals surface area contributed by atoms with Crippen LogP contribution in [-0.2, 0) is 4.74 Å². The van der Waals surface area contributed by atoms with Crippen molar-refractivity contribution in [3.63, 3.8) is 0 Å². The molecule has 0 saturated carbocycles. The average Bonchev–Trinajstić information content (AvgIpc) is 2.17. The largest absolute Gasteiger partial charge is 0.396 e. The fourth-order valence-corrected chi connectivity index (χ4v) is 1.87. The van der Waals surface area contributed by atoms with Crippen LogP contribution in [0.25, 0.3) is 0 Å². The average molecular weight is 173 g/mol. The maximum absolute atomic E-state index is 9.09. The smallest absolute Gasteiger partial charge is 0.0471 e. The molecule has 0 radical (unpaired) electrons. The van der Waals surface area contributed by atoms with Crippen LogP contribution < -0.4 is 5.73 Å². The quantitative estimate of drug-likeness (QED) is 0.648. The van der Waals surface area contributed by atoms with Gasteiger partial charge in [-0.15, -0.1) is 0 Å². The van der Waals surface area contributed by atoms with Gasteiger partial charge in [-0.2, -0.15) is 0 Å². The summed E-state index contributed by atoms with van der Waals surface area (Å²) in [6.07, 6.45) is 1.98. The summed E-state index contributed by atoms with van der Waals surface area (Å²) in [6, 6.07) is 0. The topological polar surface area (TPSA) is 55.5 Å². The molecule has 0 aromatic heterocycles. The van der Waals surface area contributed by atoms with E-state index in [9.17, 15) is 0 Å². The first-order chi connectivity index (χ1) is 5.75. The van der Waals surface area contributed by atoms with E-state index in [1.54, 1.807) is 0 Å². The molecule has 0 aromatic carbocycles. The molecular formula is C9H19NO2. The highest BCUT2D eigenvalue weighted by Crippen LogP contribution is 2.36. The Morgan fingerprint density at radius 2 is 2.08 bits per heavy atom. The van der Waals surface area contributed by atoms with Crippen LogP contribution in [0.4, 0.5) is 0 Å². The van der Waals surface area contributed by atoms with E-state index in [4.69, 9.17) is 15.6 Å². The van der Waals surface area contributed by atoms with E-state index in [0.717, 1.165) is 26.1 Å². The highest BCUT2D eigenvalue weighted by molar-refractivity contribution is 4.86. The summed E-state index contributed by atoms with van der Waals surface area (Å²) in [5, 5.41) is 9.09. The SMILES string of the molecule is CC(CO)C1(CN)CCOCC1. The van der Waals surface area contributed by atoms with Crippen molar-refractivity contribution < 1.29 is 9.84 Å². The van der Waals surface area contributed by atoms with Crippen molar-refractivity contribution in [2.45, 2.75) is 19.8 Å². The van der Waals surface area contributed by atoms with Crippen molar-refractivity contribution in [3.8, 4) is 0 Å². The number of nitrogens with two attached hydrogens (primary N) is 1. The van der Waals surface area contributed by atoms with Gasteiger partial charge < -0.3 is 15.6 Å². The van der Waals surface area contributed by atoms with Gasteiger partial charge in [0.15, 0.2) is 0 Å². The lowest BCUT2D eigenvalue weighted by Gasteiger charge is -2.40. The minimum absolute atomic E-state index is 0.132. The Labute approximate surface area is 73.9 Å². The van der Waals surface area contributed by atoms with Crippen molar-refractivity contribution in [3.05, 3.63) is 0 Å². The lowest BCUT2D eigenvalue weighted by molar-refractivity contribution is -0.0229. The molecule has 72 valence electrons. The molecule has 1 atom stereocenters. The molecule has 1 saturated heterocycles. The molecule has 3 heteroatoms. The minimum Gasteiger partial charge on any atom is -0.396 e. The van der Waals surface area contributed by atoms with Crippen LogP contribution in [0.15, 0.2) is 0 Å². The molecule has 0 spiro atoms. The third-order valence-corrected chi connectivity index (χ3v) is 3.21.